The summed E-state index contributed by atoms with van der Waals surface area (Å²) >= 11 is 12.2. The van der Waals surface area contributed by atoms with Crippen molar-refractivity contribution >= 4 is 41.1 Å². The zero-order chi connectivity index (χ0) is 28.1. The van der Waals surface area contributed by atoms with E-state index in [9.17, 15) is 4.79 Å². The van der Waals surface area contributed by atoms with Gasteiger partial charge in [0.05, 0.1) is 11.9 Å². The third-order valence-electron chi connectivity index (χ3n) is 6.29. The van der Waals surface area contributed by atoms with Crippen molar-refractivity contribution in [3.8, 4) is 11.6 Å². The molecule has 1 amide bonds. The van der Waals surface area contributed by atoms with Crippen molar-refractivity contribution < 1.29 is 14.2 Å². The SMILES string of the molecule is CN1CCN(Cc2c(C(=O)N/N=C/c3cccc(OCc4ccc(Cl)cc4Cl)c3)nnn2-c2nonc2N)CC1. The number of aromatic nitrogens is 5. The minimum absolute atomic E-state index is 0.0370. The number of hydrogen-bond acceptors (Lipinski definition) is 11. The van der Waals surface area contributed by atoms with Crippen LogP contribution >= 0.6 is 23.2 Å². The summed E-state index contributed by atoms with van der Waals surface area (Å²) in [5, 5.41) is 20.8. The first-order valence-electron chi connectivity index (χ1n) is 12.3. The van der Waals surface area contributed by atoms with Crippen LogP contribution in [0.4, 0.5) is 5.82 Å². The van der Waals surface area contributed by atoms with Crippen LogP contribution in [0.2, 0.25) is 10.0 Å². The van der Waals surface area contributed by atoms with Gasteiger partial charge in [0.1, 0.15) is 12.4 Å². The molecule has 1 aliphatic rings. The highest BCUT2D eigenvalue weighted by Crippen LogP contribution is 2.23. The number of nitrogen functional groups attached to an aromatic ring is 1. The first kappa shape index (κ1) is 27.5. The third-order valence-corrected chi connectivity index (χ3v) is 6.88. The Balaban J connectivity index is 1.27. The molecule has 3 N–H and O–H groups in total. The van der Waals surface area contributed by atoms with Crippen molar-refractivity contribution in [3.05, 3.63) is 75.0 Å². The number of benzene rings is 2. The molecule has 0 spiro atoms. The minimum Gasteiger partial charge on any atom is -0.489 e. The summed E-state index contributed by atoms with van der Waals surface area (Å²) in [5.74, 6) is 0.273. The molecule has 3 heterocycles. The van der Waals surface area contributed by atoms with Crippen LogP contribution in [0.1, 0.15) is 27.3 Å². The summed E-state index contributed by atoms with van der Waals surface area (Å²) in [4.78, 5) is 17.5. The lowest BCUT2D eigenvalue weighted by molar-refractivity contribution is 0.0946. The number of nitrogens with two attached hydrogens (primary N) is 1. The number of carbonyl (C=O) groups is 1. The molecule has 0 radical (unpaired) electrons. The number of hydrogen-bond donors (Lipinski definition) is 2. The van der Waals surface area contributed by atoms with E-state index < -0.39 is 5.91 Å². The van der Waals surface area contributed by atoms with Crippen LogP contribution in [-0.2, 0) is 13.2 Å². The molecule has 1 fully saturated rings. The number of amides is 1. The normalized spacial score (nSPS) is 14.6. The van der Waals surface area contributed by atoms with Crippen LogP contribution in [0.25, 0.3) is 5.82 Å². The number of carbonyl (C=O) groups excluding carboxylic acids is 1. The van der Waals surface area contributed by atoms with Crippen LogP contribution in [0.5, 0.6) is 5.75 Å². The Kier molecular flexibility index (Phi) is 8.55. The monoisotopic (exact) mass is 584 g/mol. The van der Waals surface area contributed by atoms with Gasteiger partial charge < -0.3 is 15.4 Å². The summed E-state index contributed by atoms with van der Waals surface area (Å²) in [6, 6.07) is 12.5. The fourth-order valence-electron chi connectivity index (χ4n) is 4.05. The Hall–Kier alpha value is -4.04. The summed E-state index contributed by atoms with van der Waals surface area (Å²) in [7, 11) is 2.07. The van der Waals surface area contributed by atoms with E-state index >= 15 is 0 Å². The van der Waals surface area contributed by atoms with Gasteiger partial charge in [-0.15, -0.1) is 5.10 Å². The molecule has 0 aliphatic carbocycles. The number of halogens is 2. The highest BCUT2D eigenvalue weighted by molar-refractivity contribution is 6.35. The standard InChI is InChI=1S/C25H26Cl2N10O3/c1-35-7-9-36(10-8-35)14-21-22(30-34-37(21)24-23(28)32-40-33-24)25(38)31-29-13-16-3-2-4-19(11-16)39-15-17-5-6-18(26)12-20(17)27/h2-6,11-13H,7-10,14-15H2,1H3,(H2,28,32)(H,31,38)/b29-13+. The lowest BCUT2D eigenvalue weighted by atomic mass is 10.2. The molecule has 0 atom stereocenters. The largest absolute Gasteiger partial charge is 0.489 e. The second-order valence-electron chi connectivity index (χ2n) is 9.15. The highest BCUT2D eigenvalue weighted by Gasteiger charge is 2.26. The Morgan fingerprint density at radius 2 is 2.00 bits per heavy atom. The van der Waals surface area contributed by atoms with Gasteiger partial charge in [0.25, 0.3) is 5.91 Å². The summed E-state index contributed by atoms with van der Waals surface area (Å²) in [6.07, 6.45) is 1.50. The van der Waals surface area contributed by atoms with Crippen LogP contribution in [-0.4, -0.2) is 80.5 Å². The van der Waals surface area contributed by atoms with E-state index in [2.05, 4.69) is 48.0 Å². The number of likely N-dealkylation sites (N-methyl/N-ethyl adjacent to an activating group) is 1. The van der Waals surface area contributed by atoms with Crippen molar-refractivity contribution in [2.75, 3.05) is 39.0 Å². The van der Waals surface area contributed by atoms with Gasteiger partial charge in [-0.1, -0.05) is 46.6 Å². The van der Waals surface area contributed by atoms with Crippen molar-refractivity contribution in [1.29, 1.82) is 0 Å². The average Bonchev–Trinajstić information content (AvgIpc) is 3.55. The van der Waals surface area contributed by atoms with Crippen LogP contribution in [0.15, 0.2) is 52.2 Å². The number of nitrogens with zero attached hydrogens (tertiary/aromatic N) is 8. The first-order chi connectivity index (χ1) is 19.4. The number of ether oxygens (including phenoxy) is 1. The van der Waals surface area contributed by atoms with Gasteiger partial charge in [-0.05, 0) is 47.2 Å². The number of rotatable bonds is 9. The Bertz CT molecular complexity index is 1510. The molecule has 0 saturated carbocycles. The number of piperazine rings is 1. The summed E-state index contributed by atoms with van der Waals surface area (Å²) in [6.45, 7) is 4.10. The summed E-state index contributed by atoms with van der Waals surface area (Å²) in [5.41, 5.74) is 10.5. The molecular weight excluding hydrogens is 559 g/mol. The van der Waals surface area contributed by atoms with E-state index in [0.29, 0.717) is 33.6 Å². The molecule has 2 aromatic carbocycles. The molecular formula is C25H26Cl2N10O3. The van der Waals surface area contributed by atoms with E-state index in [1.165, 1.54) is 10.9 Å². The summed E-state index contributed by atoms with van der Waals surface area (Å²) < 4.78 is 12.0. The number of nitrogens with one attached hydrogen (secondary N) is 1. The predicted molar refractivity (Wildman–Crippen MR) is 149 cm³/mol. The zero-order valence-electron chi connectivity index (χ0n) is 21.5. The van der Waals surface area contributed by atoms with Crippen LogP contribution in [0.3, 0.4) is 0 Å². The maximum absolute atomic E-state index is 13.1. The molecule has 1 aliphatic heterocycles. The molecule has 1 saturated heterocycles. The molecule has 2 aromatic heterocycles. The lowest BCUT2D eigenvalue weighted by Gasteiger charge is -2.32. The van der Waals surface area contributed by atoms with E-state index in [0.717, 1.165) is 31.7 Å². The van der Waals surface area contributed by atoms with Crippen molar-refractivity contribution in [2.24, 2.45) is 5.10 Å². The number of hydrazone groups is 1. The van der Waals surface area contributed by atoms with Gasteiger partial charge in [-0.25, -0.2) is 10.1 Å². The molecule has 4 aromatic rings. The van der Waals surface area contributed by atoms with E-state index in [-0.39, 0.29) is 23.9 Å². The second-order valence-corrected chi connectivity index (χ2v) is 9.99. The van der Waals surface area contributed by atoms with Crippen molar-refractivity contribution in [2.45, 2.75) is 13.2 Å². The molecule has 208 valence electrons. The van der Waals surface area contributed by atoms with Gasteiger partial charge in [-0.2, -0.15) is 9.78 Å². The van der Waals surface area contributed by atoms with E-state index in [1.54, 1.807) is 18.2 Å². The topological polar surface area (TPSA) is 153 Å². The molecule has 15 heteroatoms. The van der Waals surface area contributed by atoms with Gasteiger partial charge in [-0.3, -0.25) is 9.69 Å². The number of anilines is 1. The highest BCUT2D eigenvalue weighted by atomic mass is 35.5. The van der Waals surface area contributed by atoms with Gasteiger partial charge in [0, 0.05) is 48.3 Å². The van der Waals surface area contributed by atoms with Gasteiger partial charge in [0.2, 0.25) is 11.6 Å². The van der Waals surface area contributed by atoms with E-state index in [4.69, 9.17) is 38.3 Å². The predicted octanol–water partition coefficient (Wildman–Crippen LogP) is 2.63. The van der Waals surface area contributed by atoms with Gasteiger partial charge >= 0.3 is 0 Å². The van der Waals surface area contributed by atoms with Crippen molar-refractivity contribution in [3.63, 3.8) is 0 Å². The molecule has 0 unspecified atom stereocenters. The fourth-order valence-corrected chi connectivity index (χ4v) is 4.51. The van der Waals surface area contributed by atoms with E-state index in [1.807, 2.05) is 24.3 Å². The molecule has 0 bridgehead atoms. The minimum atomic E-state index is -0.536. The quantitative estimate of drug-likeness (QED) is 0.221. The first-order valence-corrected chi connectivity index (χ1v) is 13.1. The fraction of sp³-hybridized carbons (Fsp3) is 0.280. The Morgan fingerprint density at radius 1 is 1.18 bits per heavy atom. The lowest BCUT2D eigenvalue weighted by Crippen LogP contribution is -2.44. The molecule has 40 heavy (non-hydrogen) atoms. The smallest absolute Gasteiger partial charge is 0.293 e. The van der Waals surface area contributed by atoms with Crippen LogP contribution < -0.4 is 15.9 Å². The Morgan fingerprint density at radius 3 is 2.75 bits per heavy atom. The second kappa shape index (κ2) is 12.4. The molecule has 13 nitrogen and oxygen atoms in total. The Labute approximate surface area is 239 Å². The molecule has 5 rings (SSSR count). The third kappa shape index (κ3) is 6.57. The van der Waals surface area contributed by atoms with Gasteiger partial charge in [0.15, 0.2) is 5.69 Å². The maximum Gasteiger partial charge on any atom is 0.293 e. The zero-order valence-corrected chi connectivity index (χ0v) is 23.0. The van der Waals surface area contributed by atoms with Crippen LogP contribution in [0, 0.1) is 0 Å². The van der Waals surface area contributed by atoms with Crippen molar-refractivity contribution in [1.82, 2.24) is 40.5 Å². The maximum atomic E-state index is 13.1. The average molecular weight is 585 g/mol.